The first-order chi connectivity index (χ1) is 12.0. The van der Waals surface area contributed by atoms with Crippen molar-refractivity contribution in [2.75, 3.05) is 45.2 Å². The Kier molecular flexibility index (Phi) is 5.12. The minimum absolute atomic E-state index is 0.129. The summed E-state index contributed by atoms with van der Waals surface area (Å²) in [6.07, 6.45) is 0.129. The predicted octanol–water partition coefficient (Wildman–Crippen LogP) is -0.143. The van der Waals surface area contributed by atoms with E-state index in [-0.39, 0.29) is 18.2 Å². The van der Waals surface area contributed by atoms with E-state index >= 15 is 0 Å². The Bertz CT molecular complexity index is 668. The first kappa shape index (κ1) is 17.5. The second-order valence-corrected chi connectivity index (χ2v) is 6.28. The number of hydrazine groups is 1. The summed E-state index contributed by atoms with van der Waals surface area (Å²) in [5, 5.41) is 2.00. The van der Waals surface area contributed by atoms with Crippen LogP contribution in [0.2, 0.25) is 0 Å². The molecule has 1 unspecified atom stereocenters. The number of hydrogen-bond donors (Lipinski definition) is 1. The van der Waals surface area contributed by atoms with Gasteiger partial charge < -0.3 is 9.64 Å². The molecule has 1 atom stereocenters. The second kappa shape index (κ2) is 7.30. The third-order valence-corrected chi connectivity index (χ3v) is 4.53. The van der Waals surface area contributed by atoms with Gasteiger partial charge in [0.25, 0.3) is 5.91 Å². The average molecular weight is 346 g/mol. The van der Waals surface area contributed by atoms with Gasteiger partial charge in [-0.25, -0.2) is 20.1 Å². The van der Waals surface area contributed by atoms with E-state index in [1.807, 2.05) is 5.01 Å². The van der Waals surface area contributed by atoms with Crippen LogP contribution >= 0.6 is 0 Å². The number of carbonyl (C=O) groups is 3. The van der Waals surface area contributed by atoms with Gasteiger partial charge >= 0.3 is 5.97 Å². The van der Waals surface area contributed by atoms with E-state index in [9.17, 15) is 14.4 Å². The van der Waals surface area contributed by atoms with Crippen LogP contribution in [0.25, 0.3) is 0 Å². The number of ether oxygens (including phenoxy) is 1. The van der Waals surface area contributed by atoms with E-state index in [0.29, 0.717) is 11.3 Å². The summed E-state index contributed by atoms with van der Waals surface area (Å²) in [6, 6.07) is 5.71. The molecule has 0 aromatic heterocycles. The standard InChI is InChI=1S/C17H22N4O4/c1-19-7-9-20(10-8-19)18-14-11-15(22)21(16(14)23)13-5-3-12(4-6-13)17(24)25-2/h3-6,14,18H,7-11H2,1-2H3. The lowest BCUT2D eigenvalue weighted by Gasteiger charge is -2.33. The van der Waals surface area contributed by atoms with Crippen molar-refractivity contribution >= 4 is 23.5 Å². The fourth-order valence-electron chi connectivity index (χ4n) is 3.02. The Balaban J connectivity index is 1.67. The molecule has 134 valence electrons. The molecule has 1 N–H and O–H groups in total. The number of piperazine rings is 1. The quantitative estimate of drug-likeness (QED) is 0.600. The van der Waals surface area contributed by atoms with E-state index in [2.05, 4.69) is 22.1 Å². The number of benzene rings is 1. The maximum absolute atomic E-state index is 12.6. The summed E-state index contributed by atoms with van der Waals surface area (Å²) in [5.41, 5.74) is 4.01. The zero-order chi connectivity index (χ0) is 18.0. The van der Waals surface area contributed by atoms with Crippen LogP contribution in [0.15, 0.2) is 24.3 Å². The lowest BCUT2D eigenvalue weighted by molar-refractivity contribution is -0.122. The molecule has 8 nitrogen and oxygen atoms in total. The molecule has 25 heavy (non-hydrogen) atoms. The molecule has 1 aromatic carbocycles. The number of nitrogens with one attached hydrogen (secondary N) is 1. The molecule has 3 rings (SSSR count). The topological polar surface area (TPSA) is 82.2 Å². The van der Waals surface area contributed by atoms with Crippen LogP contribution in [0, 0.1) is 0 Å². The second-order valence-electron chi connectivity index (χ2n) is 6.28. The first-order valence-corrected chi connectivity index (χ1v) is 8.24. The molecule has 8 heteroatoms. The van der Waals surface area contributed by atoms with Gasteiger partial charge in [-0.2, -0.15) is 0 Å². The van der Waals surface area contributed by atoms with Crippen LogP contribution in [-0.4, -0.2) is 74.1 Å². The van der Waals surface area contributed by atoms with Gasteiger partial charge in [0, 0.05) is 26.2 Å². The molecule has 2 amide bonds. The summed E-state index contributed by atoms with van der Waals surface area (Å²) in [5.74, 6) is -0.975. The fourth-order valence-corrected chi connectivity index (χ4v) is 3.02. The highest BCUT2D eigenvalue weighted by molar-refractivity contribution is 6.22. The maximum atomic E-state index is 12.6. The molecule has 2 fully saturated rings. The molecule has 2 aliphatic heterocycles. The van der Waals surface area contributed by atoms with Crippen molar-refractivity contribution in [1.29, 1.82) is 0 Å². The monoisotopic (exact) mass is 346 g/mol. The van der Waals surface area contributed by atoms with Crippen LogP contribution in [-0.2, 0) is 14.3 Å². The summed E-state index contributed by atoms with van der Waals surface area (Å²) >= 11 is 0. The summed E-state index contributed by atoms with van der Waals surface area (Å²) in [4.78, 5) is 39.8. The molecule has 2 heterocycles. The molecule has 0 saturated carbocycles. The van der Waals surface area contributed by atoms with Crippen LogP contribution < -0.4 is 10.3 Å². The van der Waals surface area contributed by atoms with E-state index < -0.39 is 12.0 Å². The maximum Gasteiger partial charge on any atom is 0.337 e. The normalized spacial score (nSPS) is 22.5. The Morgan fingerprint density at radius 3 is 2.36 bits per heavy atom. The number of imide groups is 1. The van der Waals surface area contributed by atoms with Crippen molar-refractivity contribution in [3.8, 4) is 0 Å². The van der Waals surface area contributed by atoms with Crippen LogP contribution in [0.3, 0.4) is 0 Å². The number of likely N-dealkylation sites (N-methyl/N-ethyl adjacent to an activating group) is 1. The Morgan fingerprint density at radius 2 is 1.76 bits per heavy atom. The molecular weight excluding hydrogens is 324 g/mol. The molecule has 0 spiro atoms. The highest BCUT2D eigenvalue weighted by atomic mass is 16.5. The summed E-state index contributed by atoms with van der Waals surface area (Å²) in [6.45, 7) is 3.45. The van der Waals surface area contributed by atoms with E-state index in [4.69, 9.17) is 0 Å². The Hall–Kier alpha value is -2.29. The van der Waals surface area contributed by atoms with Gasteiger partial charge in [-0.3, -0.25) is 9.59 Å². The fraction of sp³-hybridized carbons (Fsp3) is 0.471. The Labute approximate surface area is 146 Å². The van der Waals surface area contributed by atoms with Crippen LogP contribution in [0.4, 0.5) is 5.69 Å². The molecule has 2 aliphatic rings. The van der Waals surface area contributed by atoms with Gasteiger partial charge in [0.15, 0.2) is 0 Å². The van der Waals surface area contributed by atoms with Gasteiger partial charge in [-0.1, -0.05) is 0 Å². The number of nitrogens with zero attached hydrogens (tertiary/aromatic N) is 3. The van der Waals surface area contributed by atoms with Gasteiger partial charge in [0.1, 0.15) is 6.04 Å². The summed E-state index contributed by atoms with van der Waals surface area (Å²) in [7, 11) is 3.36. The number of amides is 2. The molecule has 0 bridgehead atoms. The van der Waals surface area contributed by atoms with E-state index in [1.54, 1.807) is 24.3 Å². The van der Waals surface area contributed by atoms with Crippen molar-refractivity contribution in [2.24, 2.45) is 0 Å². The zero-order valence-electron chi connectivity index (χ0n) is 14.4. The van der Waals surface area contributed by atoms with Crippen molar-refractivity contribution in [2.45, 2.75) is 12.5 Å². The number of rotatable bonds is 4. The van der Waals surface area contributed by atoms with E-state index in [0.717, 1.165) is 26.2 Å². The van der Waals surface area contributed by atoms with Crippen LogP contribution in [0.5, 0.6) is 0 Å². The number of hydrogen-bond acceptors (Lipinski definition) is 7. The smallest absolute Gasteiger partial charge is 0.337 e. The van der Waals surface area contributed by atoms with Crippen molar-refractivity contribution in [3.63, 3.8) is 0 Å². The number of esters is 1. The van der Waals surface area contributed by atoms with Gasteiger partial charge in [0.05, 0.1) is 24.8 Å². The average Bonchev–Trinajstić information content (AvgIpc) is 2.90. The highest BCUT2D eigenvalue weighted by Gasteiger charge is 2.40. The lowest BCUT2D eigenvalue weighted by atomic mass is 10.2. The first-order valence-electron chi connectivity index (χ1n) is 8.24. The highest BCUT2D eigenvalue weighted by Crippen LogP contribution is 2.23. The molecule has 0 radical (unpaired) electrons. The zero-order valence-corrected chi connectivity index (χ0v) is 14.4. The third kappa shape index (κ3) is 3.71. The third-order valence-electron chi connectivity index (χ3n) is 4.53. The van der Waals surface area contributed by atoms with Gasteiger partial charge in [-0.15, -0.1) is 0 Å². The predicted molar refractivity (Wildman–Crippen MR) is 90.9 cm³/mol. The van der Waals surface area contributed by atoms with Gasteiger partial charge in [-0.05, 0) is 31.3 Å². The number of carbonyl (C=O) groups excluding carboxylic acids is 3. The van der Waals surface area contributed by atoms with E-state index in [1.165, 1.54) is 12.0 Å². The van der Waals surface area contributed by atoms with Crippen molar-refractivity contribution in [1.82, 2.24) is 15.3 Å². The minimum Gasteiger partial charge on any atom is -0.465 e. The number of anilines is 1. The largest absolute Gasteiger partial charge is 0.465 e. The summed E-state index contributed by atoms with van der Waals surface area (Å²) < 4.78 is 4.65. The Morgan fingerprint density at radius 1 is 1.12 bits per heavy atom. The SMILES string of the molecule is COC(=O)c1ccc(N2C(=O)CC(NN3CCN(C)CC3)C2=O)cc1. The van der Waals surface area contributed by atoms with Crippen molar-refractivity contribution < 1.29 is 19.1 Å². The lowest BCUT2D eigenvalue weighted by Crippen LogP contribution is -2.55. The van der Waals surface area contributed by atoms with Crippen LogP contribution in [0.1, 0.15) is 16.8 Å². The number of methoxy groups -OCH3 is 1. The molecular formula is C17H22N4O4. The molecule has 1 aromatic rings. The minimum atomic E-state index is -0.545. The van der Waals surface area contributed by atoms with Gasteiger partial charge in [0.2, 0.25) is 5.91 Å². The molecule has 2 saturated heterocycles. The van der Waals surface area contributed by atoms with Crippen molar-refractivity contribution in [3.05, 3.63) is 29.8 Å². The molecule has 0 aliphatic carbocycles.